The summed E-state index contributed by atoms with van der Waals surface area (Å²) in [5.74, 6) is -0.221. The molecule has 3 aromatic rings. The highest BCUT2D eigenvalue weighted by atomic mass is 19.1. The van der Waals surface area contributed by atoms with E-state index in [0.29, 0.717) is 0 Å². The molecule has 0 saturated carbocycles. The fourth-order valence-corrected chi connectivity index (χ4v) is 3.48. The molecule has 0 fully saturated rings. The fraction of sp³-hybridized carbons (Fsp3) is 0.143. The second kappa shape index (κ2) is 4.95. The summed E-state index contributed by atoms with van der Waals surface area (Å²) in [6.07, 6.45) is 0. The van der Waals surface area contributed by atoms with Crippen molar-refractivity contribution in [3.8, 4) is 11.1 Å². The molecule has 114 valence electrons. The van der Waals surface area contributed by atoms with E-state index in [2.05, 4.69) is 61.6 Å². The molecule has 3 aromatic carbocycles. The predicted molar refractivity (Wildman–Crippen MR) is 93.7 cm³/mol. The lowest BCUT2D eigenvalue weighted by Crippen LogP contribution is -2.15. The summed E-state index contributed by atoms with van der Waals surface area (Å²) in [6, 6.07) is 21.5. The highest BCUT2D eigenvalue weighted by molar-refractivity contribution is 5.82. The van der Waals surface area contributed by atoms with Crippen molar-refractivity contribution in [2.45, 2.75) is 19.3 Å². The van der Waals surface area contributed by atoms with Crippen molar-refractivity contribution in [1.82, 2.24) is 0 Å². The molecule has 23 heavy (non-hydrogen) atoms. The van der Waals surface area contributed by atoms with Crippen LogP contribution in [-0.4, -0.2) is 0 Å². The molecule has 0 radical (unpaired) electrons. The van der Waals surface area contributed by atoms with Crippen LogP contribution in [0.5, 0.6) is 0 Å². The molecule has 0 amide bonds. The smallest absolute Gasteiger partial charge is 0.123 e. The van der Waals surface area contributed by atoms with Crippen LogP contribution in [0.4, 0.5) is 15.8 Å². The molecule has 1 N–H and O–H groups in total. The molecular weight excluding hydrogens is 285 g/mol. The Labute approximate surface area is 135 Å². The first kappa shape index (κ1) is 14.0. The van der Waals surface area contributed by atoms with Crippen molar-refractivity contribution in [2.75, 3.05) is 5.32 Å². The lowest BCUT2D eigenvalue weighted by molar-refractivity contribution is 0.628. The van der Waals surface area contributed by atoms with E-state index in [0.717, 1.165) is 11.4 Å². The first-order valence-corrected chi connectivity index (χ1v) is 7.83. The lowest BCUT2D eigenvalue weighted by atomic mass is 9.82. The van der Waals surface area contributed by atoms with Crippen LogP contribution in [-0.2, 0) is 5.41 Å². The van der Waals surface area contributed by atoms with E-state index in [4.69, 9.17) is 0 Å². The zero-order valence-electron chi connectivity index (χ0n) is 13.2. The summed E-state index contributed by atoms with van der Waals surface area (Å²) >= 11 is 0. The van der Waals surface area contributed by atoms with Gasteiger partial charge in [0, 0.05) is 16.8 Å². The van der Waals surface area contributed by atoms with Gasteiger partial charge >= 0.3 is 0 Å². The molecule has 2 heteroatoms. The molecule has 1 nitrogen and oxygen atoms in total. The Hall–Kier alpha value is -2.61. The predicted octanol–water partition coefficient (Wildman–Crippen LogP) is 5.88. The van der Waals surface area contributed by atoms with Gasteiger partial charge in [0.2, 0.25) is 0 Å². The molecule has 1 aliphatic rings. The minimum Gasteiger partial charge on any atom is -0.356 e. The molecule has 4 rings (SSSR count). The van der Waals surface area contributed by atoms with Crippen LogP contribution >= 0.6 is 0 Å². The van der Waals surface area contributed by atoms with Gasteiger partial charge in [-0.3, -0.25) is 0 Å². The number of hydrogen-bond acceptors (Lipinski definition) is 1. The van der Waals surface area contributed by atoms with Crippen LogP contribution in [0.1, 0.15) is 25.0 Å². The molecule has 1 aliphatic carbocycles. The number of anilines is 2. The standard InChI is InChI=1S/C21H18FN/c1-21(2)19-6-4-3-5-17(19)18-12-11-16(13-20(18)21)23-15-9-7-14(22)8-10-15/h3-13,23H,1-2H3. The molecular formula is C21H18FN. The summed E-state index contributed by atoms with van der Waals surface area (Å²) in [6.45, 7) is 4.53. The van der Waals surface area contributed by atoms with Crippen LogP contribution in [0.2, 0.25) is 0 Å². The average Bonchev–Trinajstić information content (AvgIpc) is 2.78. The Kier molecular flexibility index (Phi) is 3.02. The van der Waals surface area contributed by atoms with Crippen molar-refractivity contribution in [2.24, 2.45) is 0 Å². The van der Waals surface area contributed by atoms with E-state index in [1.807, 2.05) is 0 Å². The third-order valence-electron chi connectivity index (χ3n) is 4.72. The molecule has 0 bridgehead atoms. The number of fused-ring (bicyclic) bond motifs is 3. The van der Waals surface area contributed by atoms with E-state index < -0.39 is 0 Å². The molecule has 0 atom stereocenters. The molecule has 0 aromatic heterocycles. The van der Waals surface area contributed by atoms with Crippen LogP contribution in [0.15, 0.2) is 66.7 Å². The van der Waals surface area contributed by atoms with Crippen LogP contribution < -0.4 is 5.32 Å². The van der Waals surface area contributed by atoms with Gasteiger partial charge in [-0.15, -0.1) is 0 Å². The minimum atomic E-state index is -0.221. The maximum Gasteiger partial charge on any atom is 0.123 e. The Morgan fingerprint density at radius 3 is 2.17 bits per heavy atom. The van der Waals surface area contributed by atoms with Gasteiger partial charge < -0.3 is 5.32 Å². The Bertz CT molecular complexity index is 879. The monoisotopic (exact) mass is 303 g/mol. The quantitative estimate of drug-likeness (QED) is 0.623. The van der Waals surface area contributed by atoms with Crippen molar-refractivity contribution < 1.29 is 4.39 Å². The summed E-state index contributed by atoms with van der Waals surface area (Å²) in [4.78, 5) is 0. The maximum atomic E-state index is 13.0. The second-order valence-electron chi connectivity index (χ2n) is 6.56. The normalized spacial score (nSPS) is 14.2. The van der Waals surface area contributed by atoms with Gasteiger partial charge in [0.25, 0.3) is 0 Å². The Balaban J connectivity index is 1.75. The zero-order chi connectivity index (χ0) is 16.0. The van der Waals surface area contributed by atoms with E-state index in [1.54, 1.807) is 12.1 Å². The fourth-order valence-electron chi connectivity index (χ4n) is 3.48. The largest absolute Gasteiger partial charge is 0.356 e. The molecule has 0 aliphatic heterocycles. The number of rotatable bonds is 2. The van der Waals surface area contributed by atoms with Gasteiger partial charge in [0.1, 0.15) is 5.82 Å². The van der Waals surface area contributed by atoms with Gasteiger partial charge in [0.15, 0.2) is 0 Å². The maximum absolute atomic E-state index is 13.0. The zero-order valence-corrected chi connectivity index (χ0v) is 13.2. The average molecular weight is 303 g/mol. The number of nitrogens with one attached hydrogen (secondary N) is 1. The minimum absolute atomic E-state index is 0.00753. The van der Waals surface area contributed by atoms with Crippen molar-refractivity contribution in [1.29, 1.82) is 0 Å². The SMILES string of the molecule is CC1(C)c2ccccc2-c2ccc(Nc3ccc(F)cc3)cc21. The second-order valence-corrected chi connectivity index (χ2v) is 6.56. The van der Waals surface area contributed by atoms with Gasteiger partial charge in [0.05, 0.1) is 0 Å². The van der Waals surface area contributed by atoms with Crippen molar-refractivity contribution in [3.63, 3.8) is 0 Å². The first-order valence-electron chi connectivity index (χ1n) is 7.83. The third-order valence-corrected chi connectivity index (χ3v) is 4.72. The topological polar surface area (TPSA) is 12.0 Å². The molecule has 0 spiro atoms. The number of benzene rings is 3. The third kappa shape index (κ3) is 2.22. The Morgan fingerprint density at radius 1 is 0.739 bits per heavy atom. The summed E-state index contributed by atoms with van der Waals surface area (Å²) < 4.78 is 13.0. The van der Waals surface area contributed by atoms with E-state index >= 15 is 0 Å². The van der Waals surface area contributed by atoms with Gasteiger partial charge in [-0.2, -0.15) is 0 Å². The highest BCUT2D eigenvalue weighted by Gasteiger charge is 2.35. The molecule has 0 unspecified atom stereocenters. The first-order chi connectivity index (χ1) is 11.1. The highest BCUT2D eigenvalue weighted by Crippen LogP contribution is 2.49. The summed E-state index contributed by atoms with van der Waals surface area (Å²) in [7, 11) is 0. The van der Waals surface area contributed by atoms with Gasteiger partial charge in [-0.05, 0) is 58.7 Å². The van der Waals surface area contributed by atoms with Gasteiger partial charge in [-0.1, -0.05) is 44.2 Å². The summed E-state index contributed by atoms with van der Waals surface area (Å²) in [5, 5.41) is 3.36. The van der Waals surface area contributed by atoms with E-state index in [9.17, 15) is 4.39 Å². The van der Waals surface area contributed by atoms with Crippen molar-refractivity contribution >= 4 is 11.4 Å². The number of halogens is 1. The molecule has 0 saturated heterocycles. The number of hydrogen-bond donors (Lipinski definition) is 1. The van der Waals surface area contributed by atoms with Crippen molar-refractivity contribution in [3.05, 3.63) is 83.7 Å². The molecule has 0 heterocycles. The Morgan fingerprint density at radius 2 is 1.39 bits per heavy atom. The summed E-state index contributed by atoms with van der Waals surface area (Å²) in [5.41, 5.74) is 7.22. The van der Waals surface area contributed by atoms with Crippen LogP contribution in [0.3, 0.4) is 0 Å². The van der Waals surface area contributed by atoms with Gasteiger partial charge in [-0.25, -0.2) is 4.39 Å². The van der Waals surface area contributed by atoms with Crippen LogP contribution in [0, 0.1) is 5.82 Å². The van der Waals surface area contributed by atoms with E-state index in [1.165, 1.54) is 34.4 Å². The van der Waals surface area contributed by atoms with Crippen LogP contribution in [0.25, 0.3) is 11.1 Å². The van der Waals surface area contributed by atoms with E-state index in [-0.39, 0.29) is 11.2 Å². The lowest BCUT2D eigenvalue weighted by Gasteiger charge is -2.22.